The summed E-state index contributed by atoms with van der Waals surface area (Å²) in [6, 6.07) is 7.13. The molecule has 2 aliphatic rings. The highest BCUT2D eigenvalue weighted by molar-refractivity contribution is 7.91. The first kappa shape index (κ1) is 17.6. The highest BCUT2D eigenvalue weighted by atomic mass is 32.2. The van der Waals surface area contributed by atoms with Crippen molar-refractivity contribution in [3.05, 3.63) is 35.4 Å². The van der Waals surface area contributed by atoms with Crippen molar-refractivity contribution in [3.63, 3.8) is 0 Å². The van der Waals surface area contributed by atoms with Crippen molar-refractivity contribution in [1.82, 2.24) is 14.9 Å². The number of carbonyl (C=O) groups excluding carboxylic acids is 1. The predicted molar refractivity (Wildman–Crippen MR) is 98.6 cm³/mol. The highest BCUT2D eigenvalue weighted by Crippen LogP contribution is 2.44. The van der Waals surface area contributed by atoms with E-state index in [2.05, 4.69) is 20.2 Å². The molecule has 2 aliphatic carbocycles. The molecule has 0 saturated heterocycles. The number of nitrogens with one attached hydrogen (secondary N) is 2. The van der Waals surface area contributed by atoms with Crippen LogP contribution in [0.1, 0.15) is 41.6 Å². The molecular weight excluding hydrogens is 372 g/mol. The van der Waals surface area contributed by atoms with Crippen LogP contribution in [0, 0.1) is 18.8 Å². The van der Waals surface area contributed by atoms with E-state index in [1.165, 1.54) is 6.42 Å². The van der Waals surface area contributed by atoms with E-state index in [1.54, 1.807) is 18.2 Å². The highest BCUT2D eigenvalue weighted by Gasteiger charge is 2.41. The number of aromatic nitrogens is 2. The molecule has 1 heterocycles. The molecule has 2 fully saturated rings. The van der Waals surface area contributed by atoms with Crippen LogP contribution in [0.2, 0.25) is 0 Å². The van der Waals surface area contributed by atoms with Crippen molar-refractivity contribution >= 4 is 32.4 Å². The molecule has 26 heavy (non-hydrogen) atoms. The fourth-order valence-corrected chi connectivity index (χ4v) is 6.19. The van der Waals surface area contributed by atoms with Crippen molar-refractivity contribution < 1.29 is 13.2 Å². The second-order valence-corrected chi connectivity index (χ2v) is 9.96. The molecule has 2 bridgehead atoms. The zero-order chi connectivity index (χ0) is 18.3. The molecule has 0 aliphatic heterocycles. The number of rotatable bonds is 5. The second kappa shape index (κ2) is 6.71. The molecule has 2 aromatic rings. The Morgan fingerprint density at radius 3 is 2.77 bits per heavy atom. The molecule has 3 atom stereocenters. The van der Waals surface area contributed by atoms with E-state index in [0.29, 0.717) is 17.4 Å². The van der Waals surface area contributed by atoms with Crippen LogP contribution < -0.4 is 10.0 Å². The topological polar surface area (TPSA) is 101 Å². The maximum absolute atomic E-state index is 12.6. The monoisotopic (exact) mass is 392 g/mol. The lowest BCUT2D eigenvalue weighted by atomic mass is 9.96. The van der Waals surface area contributed by atoms with Gasteiger partial charge in [0.1, 0.15) is 0 Å². The van der Waals surface area contributed by atoms with Gasteiger partial charge in [0.15, 0.2) is 0 Å². The number of fused-ring (bicyclic) bond motifs is 2. The molecule has 1 amide bonds. The molecule has 0 spiro atoms. The fraction of sp³-hybridized carbons (Fsp3) is 0.471. The Morgan fingerprint density at radius 2 is 2.08 bits per heavy atom. The minimum atomic E-state index is -3.71. The standard InChI is InChI=1S/C17H20N4O3S2/c1-10-3-2-4-13(7-10)15(22)18-16-19-20-17(25-16)26(23,24)21-14-9-11-5-6-12(14)8-11/h2-4,7,11-12,14,21H,5-6,8-9H2,1H3,(H,18,19,22)/t11-,12-,14-/m0/s1. The summed E-state index contributed by atoms with van der Waals surface area (Å²) >= 11 is 0.866. The number of hydrogen-bond donors (Lipinski definition) is 2. The number of amides is 1. The van der Waals surface area contributed by atoms with Gasteiger partial charge in [-0.05, 0) is 50.2 Å². The van der Waals surface area contributed by atoms with Gasteiger partial charge in [-0.25, -0.2) is 13.1 Å². The molecule has 0 unspecified atom stereocenters. The number of anilines is 1. The van der Waals surface area contributed by atoms with E-state index >= 15 is 0 Å². The summed E-state index contributed by atoms with van der Waals surface area (Å²) in [7, 11) is -3.71. The van der Waals surface area contributed by atoms with Crippen molar-refractivity contribution in [2.75, 3.05) is 5.32 Å². The molecule has 138 valence electrons. The van der Waals surface area contributed by atoms with E-state index in [-0.39, 0.29) is 21.4 Å². The van der Waals surface area contributed by atoms with E-state index < -0.39 is 10.0 Å². The van der Waals surface area contributed by atoms with Crippen LogP contribution in [-0.4, -0.2) is 30.6 Å². The third-order valence-corrected chi connectivity index (χ3v) is 7.88. The number of sulfonamides is 1. The summed E-state index contributed by atoms with van der Waals surface area (Å²) in [6.07, 6.45) is 4.31. The molecule has 0 radical (unpaired) electrons. The molecule has 4 rings (SSSR count). The molecule has 9 heteroatoms. The Morgan fingerprint density at radius 1 is 1.23 bits per heavy atom. The van der Waals surface area contributed by atoms with Crippen LogP contribution in [0.25, 0.3) is 0 Å². The molecule has 7 nitrogen and oxygen atoms in total. The summed E-state index contributed by atoms with van der Waals surface area (Å²) in [5.41, 5.74) is 1.46. The average molecular weight is 393 g/mol. The molecule has 2 saturated carbocycles. The first-order valence-corrected chi connectivity index (χ1v) is 10.9. The summed E-state index contributed by atoms with van der Waals surface area (Å²) in [5.74, 6) is 0.740. The summed E-state index contributed by atoms with van der Waals surface area (Å²) < 4.78 is 27.8. The third kappa shape index (κ3) is 3.51. The van der Waals surface area contributed by atoms with Crippen LogP contribution in [0.3, 0.4) is 0 Å². The second-order valence-electron chi connectivity index (χ2n) is 7.10. The summed E-state index contributed by atoms with van der Waals surface area (Å²) in [4.78, 5) is 12.3. The van der Waals surface area contributed by atoms with Crippen molar-refractivity contribution in [1.29, 1.82) is 0 Å². The number of hydrogen-bond acceptors (Lipinski definition) is 6. The van der Waals surface area contributed by atoms with Gasteiger partial charge in [-0.15, -0.1) is 10.2 Å². The quantitative estimate of drug-likeness (QED) is 0.762. The molecule has 2 N–H and O–H groups in total. The first-order valence-electron chi connectivity index (χ1n) is 8.64. The Hall–Kier alpha value is -1.84. The van der Waals surface area contributed by atoms with Crippen molar-refractivity contribution in [2.24, 2.45) is 11.8 Å². The maximum atomic E-state index is 12.6. The van der Waals surface area contributed by atoms with Crippen molar-refractivity contribution in [2.45, 2.75) is 43.0 Å². The summed E-state index contributed by atoms with van der Waals surface area (Å²) in [5, 5.41) is 10.4. The van der Waals surface area contributed by atoms with Crippen LogP contribution >= 0.6 is 11.3 Å². The van der Waals surface area contributed by atoms with E-state index in [4.69, 9.17) is 0 Å². The fourth-order valence-electron chi connectivity index (χ4n) is 3.96. The number of carbonyl (C=O) groups is 1. The Labute approximate surface area is 156 Å². The normalized spacial score (nSPS) is 24.7. The number of benzene rings is 1. The van der Waals surface area contributed by atoms with Gasteiger partial charge < -0.3 is 0 Å². The average Bonchev–Trinajstić information content (AvgIpc) is 3.31. The number of nitrogens with zero attached hydrogens (tertiary/aromatic N) is 2. The van der Waals surface area contributed by atoms with E-state index in [9.17, 15) is 13.2 Å². The van der Waals surface area contributed by atoms with Crippen LogP contribution in [0.15, 0.2) is 28.6 Å². The minimum absolute atomic E-state index is 0.00650. The van der Waals surface area contributed by atoms with Gasteiger partial charge in [-0.3, -0.25) is 10.1 Å². The summed E-state index contributed by atoms with van der Waals surface area (Å²) in [6.45, 7) is 1.90. The first-order chi connectivity index (χ1) is 12.4. The Bertz CT molecular complexity index is 941. The molecular formula is C17H20N4O3S2. The van der Waals surface area contributed by atoms with Gasteiger partial charge in [-0.1, -0.05) is 35.5 Å². The van der Waals surface area contributed by atoms with Crippen LogP contribution in [-0.2, 0) is 10.0 Å². The minimum Gasteiger partial charge on any atom is -0.296 e. The maximum Gasteiger partial charge on any atom is 0.270 e. The molecule has 1 aromatic carbocycles. The van der Waals surface area contributed by atoms with Crippen LogP contribution in [0.4, 0.5) is 5.13 Å². The van der Waals surface area contributed by atoms with Gasteiger partial charge in [0, 0.05) is 11.6 Å². The zero-order valence-corrected chi connectivity index (χ0v) is 15.9. The zero-order valence-electron chi connectivity index (χ0n) is 14.3. The van der Waals surface area contributed by atoms with Crippen LogP contribution in [0.5, 0.6) is 0 Å². The van der Waals surface area contributed by atoms with Gasteiger partial charge >= 0.3 is 0 Å². The number of aryl methyl sites for hydroxylation is 1. The van der Waals surface area contributed by atoms with Gasteiger partial charge in [0.25, 0.3) is 15.9 Å². The lowest BCUT2D eigenvalue weighted by Crippen LogP contribution is -2.38. The lowest BCUT2D eigenvalue weighted by molar-refractivity contribution is 0.102. The van der Waals surface area contributed by atoms with Gasteiger partial charge in [0.05, 0.1) is 0 Å². The Balaban J connectivity index is 1.44. The van der Waals surface area contributed by atoms with Gasteiger partial charge in [-0.2, -0.15) is 0 Å². The van der Waals surface area contributed by atoms with E-state index in [1.807, 2.05) is 13.0 Å². The van der Waals surface area contributed by atoms with Crippen molar-refractivity contribution in [3.8, 4) is 0 Å². The Kier molecular flexibility index (Phi) is 4.54. The largest absolute Gasteiger partial charge is 0.296 e. The lowest BCUT2D eigenvalue weighted by Gasteiger charge is -2.21. The smallest absolute Gasteiger partial charge is 0.270 e. The van der Waals surface area contributed by atoms with Gasteiger partial charge in [0.2, 0.25) is 9.47 Å². The van der Waals surface area contributed by atoms with E-state index in [0.717, 1.165) is 36.2 Å². The SMILES string of the molecule is Cc1cccc(C(=O)Nc2nnc(S(=O)(=O)N[C@H]3C[C@H]4CC[C@H]3C4)s2)c1. The third-order valence-electron chi connectivity index (χ3n) is 5.18. The predicted octanol–water partition coefficient (Wildman–Crippen LogP) is 2.57. The molecule has 1 aromatic heterocycles.